The second-order valence-corrected chi connectivity index (χ2v) is 6.68. The van der Waals surface area contributed by atoms with Crippen LogP contribution in [0.4, 0.5) is 10.1 Å². The Kier molecular flexibility index (Phi) is 6.35. The topological polar surface area (TPSA) is 99.4 Å². The number of hydrogen-bond acceptors (Lipinski definition) is 7. The van der Waals surface area contributed by atoms with E-state index in [2.05, 4.69) is 20.4 Å². The fourth-order valence-corrected chi connectivity index (χ4v) is 2.88. The summed E-state index contributed by atoms with van der Waals surface area (Å²) in [6.45, 7) is 0. The minimum atomic E-state index is -0.441. The third-order valence-corrected chi connectivity index (χ3v) is 4.45. The van der Waals surface area contributed by atoms with Crippen LogP contribution in [0, 0.1) is 5.82 Å². The predicted molar refractivity (Wildman–Crippen MR) is 114 cm³/mol. The second-order valence-electron chi connectivity index (χ2n) is 6.68. The van der Waals surface area contributed by atoms with Gasteiger partial charge in [-0.15, -0.1) is 0 Å². The van der Waals surface area contributed by atoms with Crippen molar-refractivity contribution in [3.63, 3.8) is 0 Å². The van der Waals surface area contributed by atoms with Gasteiger partial charge in [0, 0.05) is 18.9 Å². The highest BCUT2D eigenvalue weighted by Crippen LogP contribution is 2.30. The highest BCUT2D eigenvalue weighted by molar-refractivity contribution is 5.90. The molecule has 4 rings (SSSR count). The van der Waals surface area contributed by atoms with Gasteiger partial charge in [0.2, 0.25) is 23.5 Å². The van der Waals surface area contributed by atoms with Gasteiger partial charge in [0.15, 0.2) is 11.5 Å². The van der Waals surface area contributed by atoms with Gasteiger partial charge in [-0.2, -0.15) is 4.98 Å². The van der Waals surface area contributed by atoms with Crippen molar-refractivity contribution in [3.05, 3.63) is 78.6 Å². The molecule has 1 amide bonds. The molecule has 2 aromatic carbocycles. The van der Waals surface area contributed by atoms with E-state index in [1.54, 1.807) is 49.6 Å². The number of pyridine rings is 1. The van der Waals surface area contributed by atoms with E-state index < -0.39 is 5.82 Å². The Morgan fingerprint density at radius 2 is 1.84 bits per heavy atom. The Morgan fingerprint density at radius 1 is 1.06 bits per heavy atom. The number of halogens is 1. The summed E-state index contributed by atoms with van der Waals surface area (Å²) in [5, 5.41) is 6.52. The van der Waals surface area contributed by atoms with Crippen LogP contribution < -0.4 is 14.8 Å². The van der Waals surface area contributed by atoms with E-state index in [0.717, 1.165) is 0 Å². The number of anilines is 1. The van der Waals surface area contributed by atoms with Gasteiger partial charge in [0.25, 0.3) is 0 Å². The van der Waals surface area contributed by atoms with Crippen molar-refractivity contribution in [1.29, 1.82) is 0 Å². The van der Waals surface area contributed by atoms with E-state index in [9.17, 15) is 9.18 Å². The van der Waals surface area contributed by atoms with E-state index in [1.807, 2.05) is 12.1 Å². The van der Waals surface area contributed by atoms with E-state index in [0.29, 0.717) is 23.1 Å². The summed E-state index contributed by atoms with van der Waals surface area (Å²) < 4.78 is 29.9. The number of rotatable bonds is 8. The van der Waals surface area contributed by atoms with Crippen LogP contribution in [0.1, 0.15) is 12.3 Å². The van der Waals surface area contributed by atoms with Crippen LogP contribution in [-0.4, -0.2) is 28.1 Å². The van der Waals surface area contributed by atoms with Gasteiger partial charge in [-0.3, -0.25) is 4.79 Å². The van der Waals surface area contributed by atoms with Crippen LogP contribution in [0.15, 0.2) is 71.4 Å². The summed E-state index contributed by atoms with van der Waals surface area (Å²) in [5.41, 5.74) is 0.758. The Labute approximate surface area is 183 Å². The highest BCUT2D eigenvalue weighted by Gasteiger charge is 2.14. The van der Waals surface area contributed by atoms with Crippen LogP contribution in [0.25, 0.3) is 11.4 Å². The first-order chi connectivity index (χ1) is 15.6. The van der Waals surface area contributed by atoms with E-state index in [4.69, 9.17) is 14.0 Å². The zero-order valence-electron chi connectivity index (χ0n) is 17.1. The van der Waals surface area contributed by atoms with E-state index >= 15 is 0 Å². The summed E-state index contributed by atoms with van der Waals surface area (Å²) in [7, 11) is 1.56. The molecule has 0 fully saturated rings. The molecule has 0 bridgehead atoms. The third kappa shape index (κ3) is 5.07. The summed E-state index contributed by atoms with van der Waals surface area (Å²) in [4.78, 5) is 20.6. The van der Waals surface area contributed by atoms with Crippen LogP contribution in [0.5, 0.6) is 17.4 Å². The quantitative estimate of drug-likeness (QED) is 0.431. The van der Waals surface area contributed by atoms with Gasteiger partial charge in [0.1, 0.15) is 5.82 Å². The fourth-order valence-electron chi connectivity index (χ4n) is 2.88. The minimum Gasteiger partial charge on any atom is -0.493 e. The lowest BCUT2D eigenvalue weighted by Gasteiger charge is -2.09. The Bertz CT molecular complexity index is 1210. The van der Waals surface area contributed by atoms with Crippen molar-refractivity contribution in [3.8, 4) is 28.8 Å². The van der Waals surface area contributed by atoms with Gasteiger partial charge < -0.3 is 19.3 Å². The number of carbonyl (C=O) groups is 1. The van der Waals surface area contributed by atoms with Crippen molar-refractivity contribution in [2.45, 2.75) is 12.8 Å². The SMILES string of the molecule is COc1ccccc1Oc1ccc(NC(=O)CCc2nc(-c3ccccc3F)no2)cn1. The van der Waals surface area contributed by atoms with Crippen LogP contribution in [0.2, 0.25) is 0 Å². The number of benzene rings is 2. The first-order valence-electron chi connectivity index (χ1n) is 9.76. The number of nitrogens with one attached hydrogen (secondary N) is 1. The molecule has 0 atom stereocenters. The lowest BCUT2D eigenvalue weighted by Crippen LogP contribution is -2.12. The summed E-state index contributed by atoms with van der Waals surface area (Å²) >= 11 is 0. The van der Waals surface area contributed by atoms with Crippen molar-refractivity contribution in [2.75, 3.05) is 12.4 Å². The number of aromatic nitrogens is 3. The zero-order chi connectivity index (χ0) is 22.3. The smallest absolute Gasteiger partial charge is 0.227 e. The molecule has 0 radical (unpaired) electrons. The molecule has 0 saturated heterocycles. The normalized spacial score (nSPS) is 10.6. The molecule has 0 aliphatic rings. The number of carbonyl (C=O) groups excluding carboxylic acids is 1. The molecule has 9 heteroatoms. The maximum Gasteiger partial charge on any atom is 0.227 e. The molecule has 0 spiro atoms. The van der Waals surface area contributed by atoms with Gasteiger partial charge >= 0.3 is 0 Å². The number of para-hydroxylation sites is 2. The Balaban J connectivity index is 1.30. The maximum atomic E-state index is 13.8. The van der Waals surface area contributed by atoms with Crippen LogP contribution >= 0.6 is 0 Å². The van der Waals surface area contributed by atoms with Crippen molar-refractivity contribution < 1.29 is 23.2 Å². The molecule has 8 nitrogen and oxygen atoms in total. The molecule has 0 saturated carbocycles. The number of ether oxygens (including phenoxy) is 2. The number of hydrogen-bond donors (Lipinski definition) is 1. The van der Waals surface area contributed by atoms with Gasteiger partial charge in [-0.05, 0) is 30.3 Å². The first-order valence-corrected chi connectivity index (χ1v) is 9.76. The van der Waals surface area contributed by atoms with E-state index in [-0.39, 0.29) is 36.0 Å². The predicted octanol–water partition coefficient (Wildman–Crippen LogP) is 4.64. The molecule has 2 heterocycles. The molecule has 162 valence electrons. The molecular weight excluding hydrogens is 415 g/mol. The van der Waals surface area contributed by atoms with Crippen molar-refractivity contribution in [2.24, 2.45) is 0 Å². The molecule has 2 aromatic heterocycles. The number of nitrogens with zero attached hydrogens (tertiary/aromatic N) is 3. The standard InChI is InChI=1S/C23H19FN4O4/c1-30-18-8-4-5-9-19(18)31-21-12-10-15(14-25-21)26-20(29)11-13-22-27-23(28-32-22)16-6-2-3-7-17(16)24/h2-10,12,14H,11,13H2,1H3,(H,26,29). The van der Waals surface area contributed by atoms with Gasteiger partial charge in [-0.25, -0.2) is 9.37 Å². The number of amides is 1. The lowest BCUT2D eigenvalue weighted by molar-refractivity contribution is -0.116. The Hall–Kier alpha value is -4.27. The monoisotopic (exact) mass is 434 g/mol. The molecular formula is C23H19FN4O4. The third-order valence-electron chi connectivity index (χ3n) is 4.45. The molecule has 0 aliphatic carbocycles. The lowest BCUT2D eigenvalue weighted by atomic mass is 10.2. The molecule has 4 aromatic rings. The fraction of sp³-hybridized carbons (Fsp3) is 0.130. The number of aryl methyl sites for hydroxylation is 1. The minimum absolute atomic E-state index is 0.109. The van der Waals surface area contributed by atoms with E-state index in [1.165, 1.54) is 12.3 Å². The zero-order valence-corrected chi connectivity index (χ0v) is 17.1. The highest BCUT2D eigenvalue weighted by atomic mass is 19.1. The largest absolute Gasteiger partial charge is 0.493 e. The number of methoxy groups -OCH3 is 1. The molecule has 0 aliphatic heterocycles. The summed E-state index contributed by atoms with van der Waals surface area (Å²) in [6.07, 6.45) is 1.82. The Morgan fingerprint density at radius 3 is 2.59 bits per heavy atom. The average molecular weight is 434 g/mol. The summed E-state index contributed by atoms with van der Waals surface area (Å²) in [5.74, 6) is 1.18. The average Bonchev–Trinajstić information content (AvgIpc) is 3.28. The van der Waals surface area contributed by atoms with Gasteiger partial charge in [0.05, 0.1) is 24.6 Å². The van der Waals surface area contributed by atoms with Crippen LogP contribution in [-0.2, 0) is 11.2 Å². The van der Waals surface area contributed by atoms with Crippen molar-refractivity contribution >= 4 is 11.6 Å². The molecule has 32 heavy (non-hydrogen) atoms. The van der Waals surface area contributed by atoms with Crippen LogP contribution in [0.3, 0.4) is 0 Å². The van der Waals surface area contributed by atoms with Crippen molar-refractivity contribution in [1.82, 2.24) is 15.1 Å². The molecule has 1 N–H and O–H groups in total. The molecule has 0 unspecified atom stereocenters. The first kappa shape index (κ1) is 21.0. The maximum absolute atomic E-state index is 13.8. The summed E-state index contributed by atoms with van der Waals surface area (Å²) in [6, 6.07) is 16.7. The second kappa shape index (κ2) is 9.69. The van der Waals surface area contributed by atoms with Gasteiger partial charge in [-0.1, -0.05) is 29.4 Å².